The van der Waals surface area contributed by atoms with Crippen molar-refractivity contribution < 1.29 is 9.18 Å². The van der Waals surface area contributed by atoms with Crippen LogP contribution in [-0.4, -0.2) is 23.9 Å². The summed E-state index contributed by atoms with van der Waals surface area (Å²) in [5, 5.41) is 0. The zero-order valence-corrected chi connectivity index (χ0v) is 10.9. The van der Waals surface area contributed by atoms with Crippen LogP contribution in [0.4, 0.5) is 4.39 Å². The van der Waals surface area contributed by atoms with Crippen molar-refractivity contribution in [3.63, 3.8) is 0 Å². The Morgan fingerprint density at radius 1 is 1.40 bits per heavy atom. The van der Waals surface area contributed by atoms with Gasteiger partial charge in [-0.1, -0.05) is 0 Å². The second kappa shape index (κ2) is 5.44. The first-order valence-corrected chi connectivity index (χ1v) is 5.92. The van der Waals surface area contributed by atoms with Crippen LogP contribution < -0.4 is 0 Å². The van der Waals surface area contributed by atoms with Gasteiger partial charge in [0.25, 0.3) is 5.91 Å². The molecule has 1 aromatic carbocycles. The lowest BCUT2D eigenvalue weighted by Crippen LogP contribution is -2.31. The van der Waals surface area contributed by atoms with Crippen LogP contribution in [-0.2, 0) is 0 Å². The zero-order chi connectivity index (χ0) is 11.4. The summed E-state index contributed by atoms with van der Waals surface area (Å²) >= 11 is 2.04. The lowest BCUT2D eigenvalue weighted by atomic mass is 10.2. The molecule has 0 atom stereocenters. The van der Waals surface area contributed by atoms with Gasteiger partial charge in [0, 0.05) is 16.7 Å². The fourth-order valence-corrected chi connectivity index (χ4v) is 1.91. The first-order chi connectivity index (χ1) is 7.10. The smallest absolute Gasteiger partial charge is 0.255 e. The highest BCUT2D eigenvalue weighted by Crippen LogP contribution is 2.15. The van der Waals surface area contributed by atoms with E-state index in [2.05, 4.69) is 0 Å². The molecular formula is C11H13FINO. The summed E-state index contributed by atoms with van der Waals surface area (Å²) < 4.78 is 13.8. The van der Waals surface area contributed by atoms with Gasteiger partial charge in [-0.05, 0) is 54.6 Å². The summed E-state index contributed by atoms with van der Waals surface area (Å²) in [4.78, 5) is 13.6. The SMILES string of the molecule is CCN(CC)C(=O)c1cc(F)ccc1I. The van der Waals surface area contributed by atoms with E-state index in [0.29, 0.717) is 18.7 Å². The molecule has 0 radical (unpaired) electrons. The van der Waals surface area contributed by atoms with Crippen molar-refractivity contribution in [2.24, 2.45) is 0 Å². The number of nitrogens with zero attached hydrogens (tertiary/aromatic N) is 1. The molecule has 82 valence electrons. The van der Waals surface area contributed by atoms with Gasteiger partial charge in [0.2, 0.25) is 0 Å². The van der Waals surface area contributed by atoms with Gasteiger partial charge in [-0.15, -0.1) is 0 Å². The summed E-state index contributed by atoms with van der Waals surface area (Å²) in [5.74, 6) is -0.477. The lowest BCUT2D eigenvalue weighted by Gasteiger charge is -2.19. The number of rotatable bonds is 3. The van der Waals surface area contributed by atoms with Crippen molar-refractivity contribution in [1.82, 2.24) is 4.90 Å². The molecule has 0 aliphatic rings. The van der Waals surface area contributed by atoms with Gasteiger partial charge in [0.05, 0.1) is 5.56 Å². The molecular weight excluding hydrogens is 308 g/mol. The van der Waals surface area contributed by atoms with E-state index in [4.69, 9.17) is 0 Å². The summed E-state index contributed by atoms with van der Waals surface area (Å²) in [7, 11) is 0. The van der Waals surface area contributed by atoms with Crippen molar-refractivity contribution >= 4 is 28.5 Å². The molecule has 4 heteroatoms. The minimum absolute atomic E-state index is 0.107. The van der Waals surface area contributed by atoms with E-state index in [0.717, 1.165) is 3.57 Å². The molecule has 1 aromatic rings. The largest absolute Gasteiger partial charge is 0.339 e. The topological polar surface area (TPSA) is 20.3 Å². The zero-order valence-electron chi connectivity index (χ0n) is 8.76. The second-order valence-corrected chi connectivity index (χ2v) is 4.26. The molecule has 0 bridgehead atoms. The highest BCUT2D eigenvalue weighted by atomic mass is 127. The number of carbonyl (C=O) groups excluding carboxylic acids is 1. The minimum Gasteiger partial charge on any atom is -0.339 e. The van der Waals surface area contributed by atoms with Crippen LogP contribution in [0.15, 0.2) is 18.2 Å². The van der Waals surface area contributed by atoms with Crippen molar-refractivity contribution in [3.05, 3.63) is 33.1 Å². The van der Waals surface area contributed by atoms with Crippen LogP contribution in [0.1, 0.15) is 24.2 Å². The Hall–Kier alpha value is -0.650. The highest BCUT2D eigenvalue weighted by Gasteiger charge is 2.15. The monoisotopic (exact) mass is 321 g/mol. The molecule has 0 saturated heterocycles. The number of benzene rings is 1. The Bertz CT molecular complexity index is 364. The average Bonchev–Trinajstić information content (AvgIpc) is 2.23. The average molecular weight is 321 g/mol. The van der Waals surface area contributed by atoms with Crippen molar-refractivity contribution in [1.29, 1.82) is 0 Å². The molecule has 1 amide bonds. The molecule has 15 heavy (non-hydrogen) atoms. The first-order valence-electron chi connectivity index (χ1n) is 4.84. The van der Waals surface area contributed by atoms with Gasteiger partial charge in [-0.3, -0.25) is 4.79 Å². The fourth-order valence-electron chi connectivity index (χ4n) is 1.34. The third-order valence-corrected chi connectivity index (χ3v) is 3.15. The molecule has 0 N–H and O–H groups in total. The molecule has 2 nitrogen and oxygen atoms in total. The Kier molecular flexibility index (Phi) is 4.50. The predicted molar refractivity (Wildman–Crippen MR) is 66.4 cm³/mol. The molecule has 0 aliphatic carbocycles. The molecule has 0 aliphatic heterocycles. The van der Waals surface area contributed by atoms with E-state index >= 15 is 0 Å². The van der Waals surface area contributed by atoms with Crippen LogP contribution in [0, 0.1) is 9.39 Å². The normalized spacial score (nSPS) is 10.1. The molecule has 0 aromatic heterocycles. The highest BCUT2D eigenvalue weighted by molar-refractivity contribution is 14.1. The summed E-state index contributed by atoms with van der Waals surface area (Å²) in [6, 6.07) is 4.27. The van der Waals surface area contributed by atoms with E-state index < -0.39 is 0 Å². The van der Waals surface area contributed by atoms with Crippen LogP contribution in [0.5, 0.6) is 0 Å². The first kappa shape index (κ1) is 12.4. The Morgan fingerprint density at radius 2 is 2.00 bits per heavy atom. The van der Waals surface area contributed by atoms with Crippen molar-refractivity contribution in [2.75, 3.05) is 13.1 Å². The molecule has 0 fully saturated rings. The Balaban J connectivity index is 3.04. The number of hydrogen-bond donors (Lipinski definition) is 0. The maximum Gasteiger partial charge on any atom is 0.255 e. The van der Waals surface area contributed by atoms with Crippen molar-refractivity contribution in [3.8, 4) is 0 Å². The van der Waals surface area contributed by atoms with E-state index in [1.54, 1.807) is 11.0 Å². The van der Waals surface area contributed by atoms with Crippen molar-refractivity contribution in [2.45, 2.75) is 13.8 Å². The minimum atomic E-state index is -0.370. The van der Waals surface area contributed by atoms with Gasteiger partial charge in [0.1, 0.15) is 5.82 Å². The maximum absolute atomic E-state index is 13.0. The molecule has 1 rings (SSSR count). The third-order valence-electron chi connectivity index (χ3n) is 2.21. The van der Waals surface area contributed by atoms with Crippen LogP contribution in [0.25, 0.3) is 0 Å². The Morgan fingerprint density at radius 3 is 2.53 bits per heavy atom. The van der Waals surface area contributed by atoms with Crippen LogP contribution in [0.2, 0.25) is 0 Å². The number of amides is 1. The van der Waals surface area contributed by atoms with Gasteiger partial charge in [-0.2, -0.15) is 0 Å². The predicted octanol–water partition coefficient (Wildman–Crippen LogP) is 2.91. The molecule has 0 saturated carbocycles. The summed E-state index contributed by atoms with van der Waals surface area (Å²) in [5.41, 5.74) is 0.444. The molecule has 0 unspecified atom stereocenters. The van der Waals surface area contributed by atoms with Gasteiger partial charge < -0.3 is 4.90 Å². The Labute approximate surface area is 103 Å². The fraction of sp³-hybridized carbons (Fsp3) is 0.364. The number of halogens is 2. The standard InChI is InChI=1S/C11H13FINO/c1-3-14(4-2)11(15)9-7-8(12)5-6-10(9)13/h5-7H,3-4H2,1-2H3. The molecule has 0 spiro atoms. The quantitative estimate of drug-likeness (QED) is 0.784. The number of hydrogen-bond acceptors (Lipinski definition) is 1. The van der Waals surface area contributed by atoms with E-state index in [-0.39, 0.29) is 11.7 Å². The van der Waals surface area contributed by atoms with Crippen LogP contribution >= 0.6 is 22.6 Å². The maximum atomic E-state index is 13.0. The summed E-state index contributed by atoms with van der Waals surface area (Å²) in [6.45, 7) is 5.10. The van der Waals surface area contributed by atoms with E-state index in [1.165, 1.54) is 12.1 Å². The molecule has 0 heterocycles. The van der Waals surface area contributed by atoms with Crippen LogP contribution in [0.3, 0.4) is 0 Å². The van der Waals surface area contributed by atoms with Gasteiger partial charge >= 0.3 is 0 Å². The van der Waals surface area contributed by atoms with Gasteiger partial charge in [-0.25, -0.2) is 4.39 Å². The number of carbonyl (C=O) groups is 1. The second-order valence-electron chi connectivity index (χ2n) is 3.10. The lowest BCUT2D eigenvalue weighted by molar-refractivity contribution is 0.0771. The third kappa shape index (κ3) is 2.90. The summed E-state index contributed by atoms with van der Waals surface area (Å²) in [6.07, 6.45) is 0. The van der Waals surface area contributed by atoms with E-state index in [1.807, 2.05) is 36.4 Å². The van der Waals surface area contributed by atoms with E-state index in [9.17, 15) is 9.18 Å². The van der Waals surface area contributed by atoms with Gasteiger partial charge in [0.15, 0.2) is 0 Å².